The highest BCUT2D eigenvalue weighted by molar-refractivity contribution is 6.02. The van der Waals surface area contributed by atoms with Gasteiger partial charge in [-0.3, -0.25) is 29.2 Å². The van der Waals surface area contributed by atoms with Crippen molar-refractivity contribution in [1.82, 2.24) is 19.6 Å². The summed E-state index contributed by atoms with van der Waals surface area (Å²) in [5, 5.41) is 0. The Morgan fingerprint density at radius 3 is 0.709 bits per heavy atom. The van der Waals surface area contributed by atoms with Crippen LogP contribution in [0.1, 0.15) is 339 Å². The lowest BCUT2D eigenvalue weighted by Gasteiger charge is -2.41. The van der Waals surface area contributed by atoms with Crippen LogP contribution in [0.5, 0.6) is 34.5 Å². The van der Waals surface area contributed by atoms with Gasteiger partial charge in [0.25, 0.3) is 0 Å². The number of hydrogen-bond acceptors (Lipinski definition) is 16. The second-order valence-electron chi connectivity index (χ2n) is 51.2. The normalized spacial score (nSPS) is 26.9. The summed E-state index contributed by atoms with van der Waals surface area (Å²) in [6, 6.07) is 51.3. The van der Waals surface area contributed by atoms with Gasteiger partial charge in [0.05, 0.1) is 64.1 Å². The fourth-order valence-electron chi connectivity index (χ4n) is 20.5. The van der Waals surface area contributed by atoms with E-state index in [4.69, 9.17) is 47.4 Å². The van der Waals surface area contributed by atoms with Gasteiger partial charge in [-0.05, 0) is 180 Å². The highest BCUT2D eigenvalue weighted by Gasteiger charge is 2.45. The van der Waals surface area contributed by atoms with Crippen molar-refractivity contribution in [3.8, 4) is 34.5 Å². The van der Waals surface area contributed by atoms with Crippen LogP contribution in [0, 0.1) is 54.1 Å². The molecule has 12 heterocycles. The van der Waals surface area contributed by atoms with Crippen LogP contribution in [0.3, 0.4) is 0 Å². The summed E-state index contributed by atoms with van der Waals surface area (Å²) in [5.74, 6) is 8.06. The van der Waals surface area contributed by atoms with Crippen LogP contribution in [-0.4, -0.2) is 197 Å². The van der Waals surface area contributed by atoms with Gasteiger partial charge in [-0.1, -0.05) is 317 Å². The highest BCUT2D eigenvalue weighted by Crippen LogP contribution is 2.50. The van der Waals surface area contributed by atoms with Gasteiger partial charge in [-0.15, -0.1) is 0 Å². The van der Waals surface area contributed by atoms with E-state index < -0.39 is 0 Å². The summed E-state index contributed by atoms with van der Waals surface area (Å²) < 4.78 is 58.0. The van der Waals surface area contributed by atoms with Crippen molar-refractivity contribution in [2.24, 2.45) is 54.1 Å². The van der Waals surface area contributed by atoms with Crippen LogP contribution in [0.25, 0.3) is 0 Å². The third-order valence-corrected chi connectivity index (χ3v) is 30.0. The summed E-state index contributed by atoms with van der Waals surface area (Å²) in [6.45, 7) is 83.6. The first-order valence-corrected chi connectivity index (χ1v) is 51.5. The summed E-state index contributed by atoms with van der Waals surface area (Å²) in [7, 11) is 0. The molecule has 0 spiro atoms. The Morgan fingerprint density at radius 2 is 0.455 bits per heavy atom. The molecule has 744 valence electrons. The SMILES string of the molecule is CC(C)(C)[C@@H]1CC(=O)c2ccccc21.CC(C)(C)[C@@H]1CN2CCC[C@@H]2CO1.CC(C)(C)[C@@H]1CN2CCC[C@H]2CO1.CC(C)(C)[C@@H]1COc2ccccc21.CC(C)(C)[C@@H]1COc2ccccc2O1.CC(C)(C)[C@H]1CC(=O)c2ccccc21.CC(C)(C)[C@H]1CN2CCC[C@@H]2CO1.CC(C)(C)[C@H]1CN2CCC[C@H]2CO1.CC(C)(C)[C@H]1COc2ccccc21.CC(C)(C)[C@H]1COc2ccccc2O1. The molecule has 20 rings (SSSR count). The molecule has 16 heteroatoms. The molecule has 14 atom stereocenters. The molecular weight excluding hydrogens is 1670 g/mol. The molecule has 12 aliphatic heterocycles. The summed E-state index contributed by atoms with van der Waals surface area (Å²) in [6.07, 6.45) is 14.2. The van der Waals surface area contributed by atoms with E-state index >= 15 is 0 Å². The van der Waals surface area contributed by atoms with Crippen molar-refractivity contribution < 1.29 is 57.0 Å². The van der Waals surface area contributed by atoms with Crippen molar-refractivity contribution in [2.45, 2.75) is 356 Å². The lowest BCUT2D eigenvalue weighted by Crippen LogP contribution is -2.50. The number of Topliss-reactive ketones (excluding diaryl/α,β-unsaturated/α-hetero) is 2. The zero-order valence-corrected chi connectivity index (χ0v) is 89.0. The van der Waals surface area contributed by atoms with Gasteiger partial charge in [0.2, 0.25) is 0 Å². The topological polar surface area (TPSA) is 139 Å². The molecule has 8 fully saturated rings. The number of carbonyl (C=O) groups excluding carboxylic acids is 2. The predicted octanol–water partition coefficient (Wildman–Crippen LogP) is 26.6. The number of nitrogens with zero attached hydrogens (tertiary/aromatic N) is 4. The molecule has 0 amide bonds. The molecule has 6 aromatic rings. The number of para-hydroxylation sites is 6. The predicted molar refractivity (Wildman–Crippen MR) is 550 cm³/mol. The zero-order chi connectivity index (χ0) is 97.9. The van der Waals surface area contributed by atoms with Gasteiger partial charge in [0.1, 0.15) is 36.9 Å². The molecule has 0 aromatic heterocycles. The highest BCUT2D eigenvalue weighted by atomic mass is 16.6. The van der Waals surface area contributed by atoms with E-state index in [2.05, 4.69) is 276 Å². The van der Waals surface area contributed by atoms with Crippen molar-refractivity contribution in [3.63, 3.8) is 0 Å². The Morgan fingerprint density at radius 1 is 0.231 bits per heavy atom. The average Bonchev–Trinajstić information content (AvgIpc) is 1.63. The Balaban J connectivity index is 0.000000143. The molecule has 134 heavy (non-hydrogen) atoms. The number of ketones is 2. The van der Waals surface area contributed by atoms with Gasteiger partial charge in [0, 0.05) is 108 Å². The standard InChI is InChI=1S/2C13H16O.2C12H16O2.2C12H16O.4C11H21NO/c2*1-13(2,3)11-8-12(14)10-7-5-4-6-9(10)11;2*1-12(2,3)11-8-13-9-6-4-5-7-10(9)14-11;2*1-12(2,3)10-8-13-11-7-5-4-6-9(10)11;4*1-11(2,3)10-7-12-6-4-5-9(12)8-13-10/h4*4-7,11H,8H2,1-3H3;2*4-7,10H,8H2,1-3H3;4*9-10H,4-8H2,1-3H3/t4*11-;2*10-;2*9-,10+;2*9-,10-/m1010101010/s1. The molecule has 14 aliphatic rings. The fourth-order valence-corrected chi connectivity index (χ4v) is 20.5. The van der Waals surface area contributed by atoms with E-state index in [1.54, 1.807) is 0 Å². The van der Waals surface area contributed by atoms with E-state index in [1.165, 1.54) is 99.8 Å². The third-order valence-electron chi connectivity index (χ3n) is 30.0. The Hall–Kier alpha value is -6.86. The first kappa shape index (κ1) is 108. The minimum Gasteiger partial charge on any atom is -0.493 e. The fraction of sp³-hybridized carbons (Fsp3) is 0.678. The molecule has 16 nitrogen and oxygen atoms in total. The maximum Gasteiger partial charge on any atom is 0.163 e. The molecular formula is C118H180N4O12. The van der Waals surface area contributed by atoms with Gasteiger partial charge < -0.3 is 47.4 Å². The quantitative estimate of drug-likeness (QED) is 0.142. The Bertz CT molecular complexity index is 4300. The number of hydrogen-bond donors (Lipinski definition) is 0. The minimum atomic E-state index is 0.119. The van der Waals surface area contributed by atoms with E-state index in [0.29, 0.717) is 118 Å². The van der Waals surface area contributed by atoms with Gasteiger partial charge in [-0.2, -0.15) is 0 Å². The molecule has 0 bridgehead atoms. The van der Waals surface area contributed by atoms with Crippen molar-refractivity contribution in [3.05, 3.63) is 179 Å². The van der Waals surface area contributed by atoms with Crippen LogP contribution < -0.4 is 28.4 Å². The minimum absolute atomic E-state index is 0.119. The van der Waals surface area contributed by atoms with Crippen LogP contribution in [0.15, 0.2) is 146 Å². The largest absolute Gasteiger partial charge is 0.493 e. The maximum absolute atomic E-state index is 11.7. The van der Waals surface area contributed by atoms with Crippen molar-refractivity contribution in [2.75, 3.05) is 105 Å². The molecule has 0 radical (unpaired) electrons. The van der Waals surface area contributed by atoms with Crippen molar-refractivity contribution in [1.29, 1.82) is 0 Å². The van der Waals surface area contributed by atoms with E-state index in [1.807, 2.05) is 97.1 Å². The monoisotopic (exact) mass is 1850 g/mol. The summed E-state index contributed by atoms with van der Waals surface area (Å²) >= 11 is 0. The third kappa shape index (κ3) is 29.6. The average molecular weight is 1850 g/mol. The zero-order valence-electron chi connectivity index (χ0n) is 89.0. The van der Waals surface area contributed by atoms with E-state index in [0.717, 1.165) is 136 Å². The Labute approximate surface area is 812 Å². The summed E-state index contributed by atoms with van der Waals surface area (Å²) in [5.41, 5.74) is 9.49. The number of rotatable bonds is 0. The first-order valence-electron chi connectivity index (χ1n) is 51.5. The van der Waals surface area contributed by atoms with Crippen molar-refractivity contribution >= 4 is 11.6 Å². The van der Waals surface area contributed by atoms with E-state index in [9.17, 15) is 9.59 Å². The smallest absolute Gasteiger partial charge is 0.163 e. The summed E-state index contributed by atoms with van der Waals surface area (Å²) in [4.78, 5) is 33.9. The number of carbonyl (C=O) groups is 2. The number of morpholine rings is 4. The number of benzene rings is 6. The molecule has 8 saturated heterocycles. The number of ether oxygens (including phenoxy) is 10. The van der Waals surface area contributed by atoms with Crippen LogP contribution >= 0.6 is 0 Å². The molecule has 0 N–H and O–H groups in total. The van der Waals surface area contributed by atoms with Crippen LogP contribution in [0.2, 0.25) is 0 Å². The lowest BCUT2D eigenvalue weighted by atomic mass is 9.77. The van der Waals surface area contributed by atoms with Crippen LogP contribution in [0.4, 0.5) is 0 Å². The van der Waals surface area contributed by atoms with E-state index in [-0.39, 0.29) is 33.9 Å². The first-order chi connectivity index (χ1) is 62.6. The van der Waals surface area contributed by atoms with Gasteiger partial charge in [0.15, 0.2) is 34.6 Å². The maximum atomic E-state index is 11.7. The van der Waals surface area contributed by atoms with Crippen LogP contribution in [-0.2, 0) is 18.9 Å². The van der Waals surface area contributed by atoms with Gasteiger partial charge in [-0.25, -0.2) is 0 Å². The molecule has 0 saturated carbocycles. The molecule has 2 aliphatic carbocycles. The second-order valence-corrected chi connectivity index (χ2v) is 51.2. The van der Waals surface area contributed by atoms with Gasteiger partial charge >= 0.3 is 0 Å². The Kier molecular flexibility index (Phi) is 36.3. The lowest BCUT2D eigenvalue weighted by molar-refractivity contribution is -0.0948. The second kappa shape index (κ2) is 45.2. The molecule has 0 unspecified atom stereocenters. The molecule has 6 aromatic carbocycles. The number of fused-ring (bicyclic) bond motifs is 10.